The second-order valence-electron chi connectivity index (χ2n) is 6.44. The van der Waals surface area contributed by atoms with E-state index in [4.69, 9.17) is 16.3 Å². The molecule has 2 rings (SSSR count). The zero-order valence-corrected chi connectivity index (χ0v) is 13.4. The fourth-order valence-corrected chi connectivity index (χ4v) is 2.65. The number of carbonyl (C=O) groups excluding carboxylic acids is 1. The largest absolute Gasteiger partial charge is 0.444 e. The summed E-state index contributed by atoms with van der Waals surface area (Å²) in [4.78, 5) is 13.6. The molecule has 2 atom stereocenters. The molecule has 1 fully saturated rings. The van der Waals surface area contributed by atoms with Crippen LogP contribution >= 0.6 is 11.6 Å². The van der Waals surface area contributed by atoms with E-state index in [0.29, 0.717) is 24.5 Å². The summed E-state index contributed by atoms with van der Waals surface area (Å²) in [6.45, 7) is 6.38. The lowest BCUT2D eigenvalue weighted by Gasteiger charge is -2.36. The average Bonchev–Trinajstić information content (AvgIpc) is 2.38. The second kappa shape index (κ2) is 6.24. The standard InChI is InChI=1S/C16H22ClNO3/c1-16(2,3)21-15(20)18-9-8-13(14(19)10-18)11-4-6-12(17)7-5-11/h4-7,13-14,19H,8-10H2,1-3H3/t13-,14+/m1/s1. The highest BCUT2D eigenvalue weighted by Gasteiger charge is 2.33. The Bertz CT molecular complexity index is 495. The van der Waals surface area contributed by atoms with Gasteiger partial charge in [-0.3, -0.25) is 0 Å². The summed E-state index contributed by atoms with van der Waals surface area (Å²) in [7, 11) is 0. The third-order valence-corrected chi connectivity index (χ3v) is 3.78. The summed E-state index contributed by atoms with van der Waals surface area (Å²) in [5, 5.41) is 11.0. The van der Waals surface area contributed by atoms with Crippen LogP contribution in [0.2, 0.25) is 5.02 Å². The van der Waals surface area contributed by atoms with Crippen LogP contribution in [0, 0.1) is 0 Å². The number of amides is 1. The maximum absolute atomic E-state index is 12.0. The fraction of sp³-hybridized carbons (Fsp3) is 0.562. The summed E-state index contributed by atoms with van der Waals surface area (Å²) >= 11 is 5.88. The van der Waals surface area contributed by atoms with Gasteiger partial charge in [-0.05, 0) is 44.9 Å². The number of carbonyl (C=O) groups is 1. The molecule has 5 heteroatoms. The summed E-state index contributed by atoms with van der Waals surface area (Å²) < 4.78 is 5.34. The Labute approximate surface area is 130 Å². The number of rotatable bonds is 1. The Balaban J connectivity index is 1.99. The number of piperidine rings is 1. The van der Waals surface area contributed by atoms with Crippen molar-refractivity contribution >= 4 is 17.7 Å². The van der Waals surface area contributed by atoms with Crippen molar-refractivity contribution in [2.24, 2.45) is 0 Å². The molecule has 0 bridgehead atoms. The van der Waals surface area contributed by atoms with Gasteiger partial charge in [0.15, 0.2) is 0 Å². The number of hydrogen-bond donors (Lipinski definition) is 1. The zero-order chi connectivity index (χ0) is 15.6. The summed E-state index contributed by atoms with van der Waals surface area (Å²) in [6.07, 6.45) is -0.245. The smallest absolute Gasteiger partial charge is 0.410 e. The van der Waals surface area contributed by atoms with Crippen molar-refractivity contribution < 1.29 is 14.6 Å². The monoisotopic (exact) mass is 311 g/mol. The van der Waals surface area contributed by atoms with Gasteiger partial charge in [0.05, 0.1) is 12.6 Å². The van der Waals surface area contributed by atoms with Crippen molar-refractivity contribution in [2.45, 2.75) is 44.8 Å². The number of aliphatic hydroxyl groups is 1. The first-order valence-electron chi connectivity index (χ1n) is 7.18. The van der Waals surface area contributed by atoms with Crippen LogP contribution in [0.1, 0.15) is 38.7 Å². The van der Waals surface area contributed by atoms with E-state index in [1.54, 1.807) is 4.90 Å². The van der Waals surface area contributed by atoms with E-state index in [1.807, 2.05) is 45.0 Å². The van der Waals surface area contributed by atoms with E-state index in [-0.39, 0.29) is 12.0 Å². The number of aliphatic hydroxyl groups excluding tert-OH is 1. The van der Waals surface area contributed by atoms with Gasteiger partial charge in [-0.25, -0.2) is 4.79 Å². The predicted molar refractivity (Wildman–Crippen MR) is 82.6 cm³/mol. The van der Waals surface area contributed by atoms with Gasteiger partial charge < -0.3 is 14.7 Å². The molecule has 0 aliphatic carbocycles. The summed E-state index contributed by atoms with van der Waals surface area (Å²) in [5.74, 6) is 0.0287. The van der Waals surface area contributed by atoms with E-state index in [2.05, 4.69) is 0 Å². The number of halogens is 1. The molecule has 0 saturated carbocycles. The van der Waals surface area contributed by atoms with Crippen molar-refractivity contribution in [3.63, 3.8) is 0 Å². The minimum atomic E-state index is -0.590. The van der Waals surface area contributed by atoms with Gasteiger partial charge in [-0.15, -0.1) is 0 Å². The van der Waals surface area contributed by atoms with Crippen molar-refractivity contribution in [2.75, 3.05) is 13.1 Å². The third-order valence-electron chi connectivity index (χ3n) is 3.53. The maximum Gasteiger partial charge on any atom is 0.410 e. The molecule has 1 N–H and O–H groups in total. The molecule has 1 aromatic carbocycles. The molecule has 0 aromatic heterocycles. The predicted octanol–water partition coefficient (Wildman–Crippen LogP) is 3.43. The van der Waals surface area contributed by atoms with Crippen molar-refractivity contribution in [3.05, 3.63) is 34.9 Å². The first-order chi connectivity index (χ1) is 9.76. The molecule has 1 amide bonds. The van der Waals surface area contributed by atoms with E-state index in [9.17, 15) is 9.90 Å². The Kier molecular flexibility index (Phi) is 4.79. The highest BCUT2D eigenvalue weighted by molar-refractivity contribution is 6.30. The number of nitrogens with zero attached hydrogens (tertiary/aromatic N) is 1. The highest BCUT2D eigenvalue weighted by atomic mass is 35.5. The minimum Gasteiger partial charge on any atom is -0.444 e. The molecular formula is C16H22ClNO3. The number of hydrogen-bond acceptors (Lipinski definition) is 3. The van der Waals surface area contributed by atoms with Crippen molar-refractivity contribution in [1.82, 2.24) is 4.90 Å². The molecule has 116 valence electrons. The SMILES string of the molecule is CC(C)(C)OC(=O)N1CC[C@H](c2ccc(Cl)cc2)[C@@H](O)C1. The van der Waals surface area contributed by atoms with Gasteiger partial charge in [0.2, 0.25) is 0 Å². The lowest BCUT2D eigenvalue weighted by molar-refractivity contribution is -0.00151. The normalized spacial score (nSPS) is 23.0. The molecule has 0 unspecified atom stereocenters. The molecule has 1 aliphatic rings. The lowest BCUT2D eigenvalue weighted by Crippen LogP contribution is -2.47. The van der Waals surface area contributed by atoms with Gasteiger partial charge in [0.25, 0.3) is 0 Å². The highest BCUT2D eigenvalue weighted by Crippen LogP contribution is 2.29. The molecule has 0 spiro atoms. The van der Waals surface area contributed by atoms with Crippen LogP contribution in [0.4, 0.5) is 4.79 Å². The number of ether oxygens (including phenoxy) is 1. The van der Waals surface area contributed by atoms with Crippen molar-refractivity contribution in [1.29, 1.82) is 0 Å². The maximum atomic E-state index is 12.0. The first-order valence-corrected chi connectivity index (χ1v) is 7.55. The van der Waals surface area contributed by atoms with E-state index >= 15 is 0 Å². The molecule has 1 heterocycles. The lowest BCUT2D eigenvalue weighted by atomic mass is 9.87. The minimum absolute atomic E-state index is 0.0287. The van der Waals surface area contributed by atoms with Gasteiger partial charge in [0.1, 0.15) is 5.60 Å². The van der Waals surface area contributed by atoms with Crippen LogP contribution in [0.25, 0.3) is 0 Å². The molecular weight excluding hydrogens is 290 g/mol. The Morgan fingerprint density at radius 3 is 2.48 bits per heavy atom. The Hall–Kier alpha value is -1.26. The van der Waals surface area contributed by atoms with Crippen LogP contribution in [0.15, 0.2) is 24.3 Å². The molecule has 1 saturated heterocycles. The summed E-state index contributed by atoms with van der Waals surface area (Å²) in [5.41, 5.74) is 0.533. The van der Waals surface area contributed by atoms with Crippen LogP contribution in [0.3, 0.4) is 0 Å². The average molecular weight is 312 g/mol. The quantitative estimate of drug-likeness (QED) is 0.864. The zero-order valence-electron chi connectivity index (χ0n) is 12.7. The van der Waals surface area contributed by atoms with Gasteiger partial charge in [-0.2, -0.15) is 0 Å². The Morgan fingerprint density at radius 1 is 1.33 bits per heavy atom. The second-order valence-corrected chi connectivity index (χ2v) is 6.88. The molecule has 4 nitrogen and oxygen atoms in total. The van der Waals surface area contributed by atoms with E-state index < -0.39 is 11.7 Å². The van der Waals surface area contributed by atoms with Crippen molar-refractivity contribution in [3.8, 4) is 0 Å². The molecule has 1 aliphatic heterocycles. The van der Waals surface area contributed by atoms with E-state index in [0.717, 1.165) is 5.56 Å². The van der Waals surface area contributed by atoms with Crippen LogP contribution in [-0.2, 0) is 4.74 Å². The number of likely N-dealkylation sites (tertiary alicyclic amines) is 1. The van der Waals surface area contributed by atoms with Crippen LogP contribution in [-0.4, -0.2) is 40.9 Å². The number of β-amino-alcohol motifs (C(OH)–C–C–N with tert-alkyl or cyclic N) is 1. The molecule has 1 aromatic rings. The molecule has 0 radical (unpaired) electrons. The molecule has 21 heavy (non-hydrogen) atoms. The van der Waals surface area contributed by atoms with E-state index in [1.165, 1.54) is 0 Å². The first kappa shape index (κ1) is 16.1. The fourth-order valence-electron chi connectivity index (χ4n) is 2.52. The van der Waals surface area contributed by atoms with Crippen LogP contribution in [0.5, 0.6) is 0 Å². The van der Waals surface area contributed by atoms with Gasteiger partial charge >= 0.3 is 6.09 Å². The third kappa shape index (κ3) is 4.35. The topological polar surface area (TPSA) is 49.8 Å². The van der Waals surface area contributed by atoms with Gasteiger partial charge in [0, 0.05) is 17.5 Å². The Morgan fingerprint density at radius 2 is 1.95 bits per heavy atom. The van der Waals surface area contributed by atoms with Crippen LogP contribution < -0.4 is 0 Å². The van der Waals surface area contributed by atoms with Gasteiger partial charge in [-0.1, -0.05) is 23.7 Å². The summed E-state index contributed by atoms with van der Waals surface area (Å²) in [6, 6.07) is 7.51. The number of benzene rings is 1.